The maximum absolute atomic E-state index is 13.0. The van der Waals surface area contributed by atoms with Crippen molar-refractivity contribution in [3.05, 3.63) is 63.3 Å². The number of fused-ring (bicyclic) bond motifs is 1. The van der Waals surface area contributed by atoms with Crippen LogP contribution in [0.25, 0.3) is 10.9 Å². The Labute approximate surface area is 195 Å². The zero-order chi connectivity index (χ0) is 24.3. The lowest BCUT2D eigenvalue weighted by atomic mass is 10.2. The molecule has 2 N–H and O–H groups in total. The Kier molecular flexibility index (Phi) is 6.82. The normalized spacial score (nSPS) is 14.7. The number of rotatable bonds is 7. The largest absolute Gasteiger partial charge is 0.492 e. The van der Waals surface area contributed by atoms with Gasteiger partial charge in [0.15, 0.2) is 0 Å². The van der Waals surface area contributed by atoms with Crippen molar-refractivity contribution in [3.63, 3.8) is 0 Å². The highest BCUT2D eigenvalue weighted by atomic mass is 32.2. The molecular formula is C22H24N4O7S. The average molecular weight is 489 g/mol. The summed E-state index contributed by atoms with van der Waals surface area (Å²) < 4.78 is 38.9. The molecule has 1 saturated heterocycles. The third kappa shape index (κ3) is 4.74. The van der Waals surface area contributed by atoms with Crippen LogP contribution in [0.5, 0.6) is 5.75 Å². The van der Waals surface area contributed by atoms with Crippen molar-refractivity contribution in [3.8, 4) is 5.75 Å². The Hall–Kier alpha value is -3.48. The van der Waals surface area contributed by atoms with Crippen molar-refractivity contribution < 1.29 is 22.7 Å². The Balaban J connectivity index is 1.63. The van der Waals surface area contributed by atoms with Crippen molar-refractivity contribution in [2.24, 2.45) is 0 Å². The molecule has 0 unspecified atom stereocenters. The number of H-pyrrole nitrogens is 1. The number of nitrogens with zero attached hydrogens (tertiary/aromatic N) is 2. The van der Waals surface area contributed by atoms with Gasteiger partial charge in [0.05, 0.1) is 41.3 Å². The quantitative estimate of drug-likeness (QED) is 0.500. The first-order chi connectivity index (χ1) is 16.3. The summed E-state index contributed by atoms with van der Waals surface area (Å²) in [6.45, 7) is 2.52. The number of morpholine rings is 1. The molecule has 1 fully saturated rings. The van der Waals surface area contributed by atoms with E-state index in [2.05, 4.69) is 10.3 Å². The first kappa shape index (κ1) is 23.7. The van der Waals surface area contributed by atoms with Gasteiger partial charge in [-0.15, -0.1) is 0 Å². The van der Waals surface area contributed by atoms with Crippen molar-refractivity contribution in [2.45, 2.75) is 18.4 Å². The minimum absolute atomic E-state index is 0.0196. The van der Waals surface area contributed by atoms with Crippen LogP contribution in [0.15, 0.2) is 56.9 Å². The molecule has 34 heavy (non-hydrogen) atoms. The van der Waals surface area contributed by atoms with E-state index in [9.17, 15) is 22.8 Å². The molecule has 3 aromatic rings. The lowest BCUT2D eigenvalue weighted by Crippen LogP contribution is -2.40. The summed E-state index contributed by atoms with van der Waals surface area (Å²) >= 11 is 0. The van der Waals surface area contributed by atoms with Crippen molar-refractivity contribution in [2.75, 3.05) is 38.2 Å². The molecule has 1 aromatic heterocycles. The van der Waals surface area contributed by atoms with Crippen molar-refractivity contribution >= 4 is 32.5 Å². The highest BCUT2D eigenvalue weighted by molar-refractivity contribution is 7.89. The van der Waals surface area contributed by atoms with Crippen LogP contribution in [-0.2, 0) is 26.1 Å². The van der Waals surface area contributed by atoms with E-state index in [1.54, 1.807) is 31.2 Å². The number of ether oxygens (including phenoxy) is 2. The van der Waals surface area contributed by atoms with Crippen molar-refractivity contribution in [1.82, 2.24) is 13.9 Å². The summed E-state index contributed by atoms with van der Waals surface area (Å²) in [5, 5.41) is 2.84. The molecule has 0 atom stereocenters. The fraction of sp³-hybridized carbons (Fsp3) is 0.318. The number of aromatic nitrogens is 2. The second-order valence-corrected chi connectivity index (χ2v) is 9.46. The van der Waals surface area contributed by atoms with E-state index in [4.69, 9.17) is 9.47 Å². The molecule has 1 amide bonds. The lowest BCUT2D eigenvalue weighted by Gasteiger charge is -2.26. The molecule has 11 nitrogen and oxygen atoms in total. The van der Waals surface area contributed by atoms with Gasteiger partial charge in [0, 0.05) is 13.1 Å². The van der Waals surface area contributed by atoms with E-state index in [1.165, 1.54) is 22.5 Å². The zero-order valence-electron chi connectivity index (χ0n) is 18.4. The van der Waals surface area contributed by atoms with Gasteiger partial charge in [-0.3, -0.25) is 14.2 Å². The highest BCUT2D eigenvalue weighted by Gasteiger charge is 2.27. The summed E-state index contributed by atoms with van der Waals surface area (Å²) in [6.07, 6.45) is 0. The predicted octanol–water partition coefficient (Wildman–Crippen LogP) is 0.748. The molecule has 2 aromatic carbocycles. The number of anilines is 1. The van der Waals surface area contributed by atoms with Crippen LogP contribution in [0.3, 0.4) is 0 Å². The Bertz CT molecular complexity index is 1440. The van der Waals surface area contributed by atoms with Gasteiger partial charge in [0.1, 0.15) is 12.3 Å². The van der Waals surface area contributed by atoms with Crippen LogP contribution in [0.1, 0.15) is 6.92 Å². The third-order valence-corrected chi connectivity index (χ3v) is 7.22. The molecule has 4 rings (SSSR count). The zero-order valence-corrected chi connectivity index (χ0v) is 19.3. The standard InChI is InChI=1S/C22H24N4O7S/c1-2-33-19-8-7-15(34(30,31)25-9-11-32-12-10-25)13-18(19)23-20(27)14-26-21(28)16-5-3-4-6-17(16)24-22(26)29/h3-8,13H,2,9-12,14H2,1H3,(H,23,27)(H,24,29). The number of benzene rings is 2. The van der Waals surface area contributed by atoms with Gasteiger partial charge in [-0.1, -0.05) is 12.1 Å². The van der Waals surface area contributed by atoms with Gasteiger partial charge in [0.2, 0.25) is 15.9 Å². The number of carbonyl (C=O) groups excluding carboxylic acids is 1. The van der Waals surface area contributed by atoms with E-state index in [1.807, 2.05) is 0 Å². The van der Waals surface area contributed by atoms with Crippen LogP contribution in [0.4, 0.5) is 5.69 Å². The minimum atomic E-state index is -3.81. The predicted molar refractivity (Wildman–Crippen MR) is 125 cm³/mol. The average Bonchev–Trinajstić information content (AvgIpc) is 2.83. The number of hydrogen-bond donors (Lipinski definition) is 2. The van der Waals surface area contributed by atoms with Crippen LogP contribution in [0.2, 0.25) is 0 Å². The molecule has 0 aliphatic carbocycles. The molecule has 2 heterocycles. The molecule has 1 aliphatic rings. The van der Waals surface area contributed by atoms with Gasteiger partial charge in [-0.05, 0) is 37.3 Å². The fourth-order valence-electron chi connectivity index (χ4n) is 3.66. The van der Waals surface area contributed by atoms with Gasteiger partial charge >= 0.3 is 5.69 Å². The Morgan fingerprint density at radius 2 is 1.88 bits per heavy atom. The number of aromatic amines is 1. The van der Waals surface area contributed by atoms with Crippen LogP contribution >= 0.6 is 0 Å². The summed E-state index contributed by atoms with van der Waals surface area (Å²) in [5.41, 5.74) is -0.851. The number of sulfonamides is 1. The molecule has 12 heteroatoms. The first-order valence-corrected chi connectivity index (χ1v) is 12.1. The maximum atomic E-state index is 13.0. The minimum Gasteiger partial charge on any atom is -0.492 e. The topological polar surface area (TPSA) is 140 Å². The Morgan fingerprint density at radius 1 is 1.15 bits per heavy atom. The second-order valence-electron chi connectivity index (χ2n) is 7.52. The van der Waals surface area contributed by atoms with E-state index in [0.717, 1.165) is 4.57 Å². The molecule has 0 radical (unpaired) electrons. The number of amides is 1. The second kappa shape index (κ2) is 9.79. The smallest absolute Gasteiger partial charge is 0.329 e. The monoisotopic (exact) mass is 488 g/mol. The van der Waals surface area contributed by atoms with E-state index in [0.29, 0.717) is 18.7 Å². The van der Waals surface area contributed by atoms with E-state index < -0.39 is 33.7 Å². The molecule has 0 bridgehead atoms. The SMILES string of the molecule is CCOc1ccc(S(=O)(=O)N2CCOCC2)cc1NC(=O)Cn1c(=O)[nH]c2ccccc2c1=O. The van der Waals surface area contributed by atoms with Crippen LogP contribution in [0, 0.1) is 0 Å². The summed E-state index contributed by atoms with van der Waals surface area (Å²) in [7, 11) is -3.81. The summed E-state index contributed by atoms with van der Waals surface area (Å²) in [5.74, 6) is -0.429. The van der Waals surface area contributed by atoms with Gasteiger partial charge in [-0.2, -0.15) is 4.31 Å². The molecule has 1 aliphatic heterocycles. The van der Waals surface area contributed by atoms with Gasteiger partial charge in [-0.25, -0.2) is 13.2 Å². The van der Waals surface area contributed by atoms with Crippen LogP contribution < -0.4 is 21.3 Å². The summed E-state index contributed by atoms with van der Waals surface area (Å²) in [4.78, 5) is 40.4. The summed E-state index contributed by atoms with van der Waals surface area (Å²) in [6, 6.07) is 10.7. The van der Waals surface area contributed by atoms with Gasteiger partial charge in [0.25, 0.3) is 5.56 Å². The molecular weight excluding hydrogens is 464 g/mol. The number of para-hydroxylation sites is 1. The first-order valence-electron chi connectivity index (χ1n) is 10.7. The number of hydrogen-bond acceptors (Lipinski definition) is 7. The van der Waals surface area contributed by atoms with Crippen LogP contribution in [-0.4, -0.2) is 61.1 Å². The van der Waals surface area contributed by atoms with Gasteiger partial charge < -0.3 is 19.8 Å². The number of carbonyl (C=O) groups is 1. The lowest BCUT2D eigenvalue weighted by molar-refractivity contribution is -0.116. The molecule has 0 saturated carbocycles. The number of nitrogens with one attached hydrogen (secondary N) is 2. The highest BCUT2D eigenvalue weighted by Crippen LogP contribution is 2.29. The van der Waals surface area contributed by atoms with E-state index >= 15 is 0 Å². The van der Waals surface area contributed by atoms with Crippen molar-refractivity contribution in [1.29, 1.82) is 0 Å². The fourth-order valence-corrected chi connectivity index (χ4v) is 5.10. The molecule has 180 valence electrons. The Morgan fingerprint density at radius 3 is 2.62 bits per heavy atom. The maximum Gasteiger partial charge on any atom is 0.329 e. The van der Waals surface area contributed by atoms with E-state index in [-0.39, 0.29) is 41.4 Å². The molecule has 0 spiro atoms. The third-order valence-electron chi connectivity index (χ3n) is 5.32.